The van der Waals surface area contributed by atoms with Crippen LogP contribution in [-0.2, 0) is 4.79 Å². The van der Waals surface area contributed by atoms with Crippen molar-refractivity contribution in [2.75, 3.05) is 18.7 Å². The van der Waals surface area contributed by atoms with Crippen LogP contribution in [0.15, 0.2) is 18.2 Å². The zero-order valence-corrected chi connectivity index (χ0v) is 17.3. The molecule has 8 nitrogen and oxygen atoms in total. The second-order valence-corrected chi connectivity index (χ2v) is 8.18. The molecule has 3 heterocycles. The average molecular weight is 417 g/mol. The highest BCUT2D eigenvalue weighted by molar-refractivity contribution is 7.13. The van der Waals surface area contributed by atoms with E-state index in [1.54, 1.807) is 18.2 Å². The van der Waals surface area contributed by atoms with E-state index in [2.05, 4.69) is 15.5 Å². The van der Waals surface area contributed by atoms with Gasteiger partial charge in [-0.3, -0.25) is 9.59 Å². The maximum atomic E-state index is 12.8. The Labute approximate surface area is 173 Å². The largest absolute Gasteiger partial charge is 0.454 e. The first-order valence-electron chi connectivity index (χ1n) is 9.95. The number of nitrogens with zero attached hydrogens (tertiary/aromatic N) is 3. The Morgan fingerprint density at radius 3 is 2.83 bits per heavy atom. The third-order valence-electron chi connectivity index (χ3n) is 5.42. The number of hydrogen-bond donors (Lipinski definition) is 1. The predicted molar refractivity (Wildman–Crippen MR) is 108 cm³/mol. The van der Waals surface area contributed by atoms with Gasteiger partial charge in [-0.2, -0.15) is 0 Å². The van der Waals surface area contributed by atoms with Crippen LogP contribution in [0.1, 0.15) is 60.4 Å². The number of ether oxygens (including phenoxy) is 2. The van der Waals surface area contributed by atoms with Crippen LogP contribution in [0.2, 0.25) is 0 Å². The Hall–Kier alpha value is -2.68. The second kappa shape index (κ2) is 8.36. The fourth-order valence-electron chi connectivity index (χ4n) is 3.78. The fourth-order valence-corrected chi connectivity index (χ4v) is 4.67. The molecule has 0 aliphatic carbocycles. The second-order valence-electron chi connectivity index (χ2n) is 7.17. The minimum absolute atomic E-state index is 0.0392. The van der Waals surface area contributed by atoms with Gasteiger partial charge in [0.25, 0.3) is 5.91 Å². The molecule has 4 rings (SSSR count). The molecule has 2 aliphatic rings. The van der Waals surface area contributed by atoms with E-state index in [1.165, 1.54) is 11.3 Å². The van der Waals surface area contributed by atoms with Crippen molar-refractivity contribution in [2.24, 2.45) is 5.92 Å². The summed E-state index contributed by atoms with van der Waals surface area (Å²) in [6.07, 6.45) is 3.45. The molecule has 0 radical (unpaired) electrons. The number of anilines is 1. The van der Waals surface area contributed by atoms with E-state index < -0.39 is 0 Å². The molecular weight excluding hydrogens is 392 g/mol. The summed E-state index contributed by atoms with van der Waals surface area (Å²) in [7, 11) is 0. The smallest absolute Gasteiger partial charge is 0.286 e. The number of nitrogens with one attached hydrogen (secondary N) is 1. The topological polar surface area (TPSA) is 93.7 Å². The van der Waals surface area contributed by atoms with Crippen molar-refractivity contribution >= 4 is 28.8 Å². The molecule has 1 aromatic heterocycles. The number of rotatable bonds is 6. The summed E-state index contributed by atoms with van der Waals surface area (Å²) in [6.45, 7) is 5.00. The van der Waals surface area contributed by atoms with Gasteiger partial charge < -0.3 is 19.7 Å². The van der Waals surface area contributed by atoms with Crippen LogP contribution < -0.4 is 14.8 Å². The summed E-state index contributed by atoms with van der Waals surface area (Å²) >= 11 is 1.25. The first-order chi connectivity index (χ1) is 14.1. The lowest BCUT2D eigenvalue weighted by atomic mass is 10.0. The first kappa shape index (κ1) is 19.6. The van der Waals surface area contributed by atoms with E-state index in [4.69, 9.17) is 9.47 Å². The van der Waals surface area contributed by atoms with Gasteiger partial charge in [0, 0.05) is 24.2 Å². The predicted octanol–water partition coefficient (Wildman–Crippen LogP) is 3.62. The lowest BCUT2D eigenvalue weighted by Crippen LogP contribution is -2.35. The van der Waals surface area contributed by atoms with E-state index in [9.17, 15) is 9.59 Å². The van der Waals surface area contributed by atoms with Crippen LogP contribution in [-0.4, -0.2) is 40.2 Å². The number of likely N-dealkylation sites (tertiary alicyclic amines) is 1. The van der Waals surface area contributed by atoms with Gasteiger partial charge in [0.15, 0.2) is 11.5 Å². The Bertz CT molecular complexity index is 912. The van der Waals surface area contributed by atoms with Gasteiger partial charge in [0.05, 0.1) is 6.04 Å². The van der Waals surface area contributed by atoms with E-state index in [0.29, 0.717) is 17.2 Å². The molecule has 1 aromatic carbocycles. The van der Waals surface area contributed by atoms with Crippen LogP contribution >= 0.6 is 11.3 Å². The van der Waals surface area contributed by atoms with Crippen molar-refractivity contribution in [3.8, 4) is 11.5 Å². The van der Waals surface area contributed by atoms with E-state index in [-0.39, 0.29) is 35.6 Å². The lowest BCUT2D eigenvalue weighted by Gasteiger charge is -2.26. The van der Waals surface area contributed by atoms with Gasteiger partial charge in [-0.05, 0) is 37.8 Å². The normalized spacial score (nSPS) is 17.8. The number of carbonyl (C=O) groups excluding carboxylic acids is 2. The molecule has 0 unspecified atom stereocenters. The number of fused-ring (bicyclic) bond motifs is 1. The van der Waals surface area contributed by atoms with Gasteiger partial charge in [-0.25, -0.2) is 0 Å². The summed E-state index contributed by atoms with van der Waals surface area (Å²) in [5.41, 5.74) is 0.599. The minimum Gasteiger partial charge on any atom is -0.454 e. The summed E-state index contributed by atoms with van der Waals surface area (Å²) in [4.78, 5) is 27.4. The molecule has 0 spiro atoms. The summed E-state index contributed by atoms with van der Waals surface area (Å²) in [6, 6.07) is 5.13. The molecular formula is C20H24N4O4S. The maximum absolute atomic E-state index is 12.8. The Morgan fingerprint density at radius 2 is 2.03 bits per heavy atom. The number of carbonyl (C=O) groups is 2. The van der Waals surface area contributed by atoms with Crippen LogP contribution in [0, 0.1) is 5.92 Å². The summed E-state index contributed by atoms with van der Waals surface area (Å²) in [5.74, 6) is 1.15. The van der Waals surface area contributed by atoms with Crippen LogP contribution in [0.4, 0.5) is 5.69 Å². The third kappa shape index (κ3) is 3.91. The molecule has 1 atom stereocenters. The van der Waals surface area contributed by atoms with Crippen molar-refractivity contribution in [2.45, 2.75) is 45.6 Å². The van der Waals surface area contributed by atoms with Crippen molar-refractivity contribution in [1.82, 2.24) is 15.1 Å². The molecule has 0 saturated carbocycles. The van der Waals surface area contributed by atoms with Gasteiger partial charge in [-0.15, -0.1) is 10.2 Å². The van der Waals surface area contributed by atoms with Gasteiger partial charge >= 0.3 is 0 Å². The monoisotopic (exact) mass is 416 g/mol. The quantitative estimate of drug-likeness (QED) is 0.773. The van der Waals surface area contributed by atoms with E-state index >= 15 is 0 Å². The molecule has 2 amide bonds. The maximum Gasteiger partial charge on any atom is 0.286 e. The lowest BCUT2D eigenvalue weighted by molar-refractivity contribution is -0.136. The van der Waals surface area contributed by atoms with Gasteiger partial charge in [-0.1, -0.05) is 25.2 Å². The highest BCUT2D eigenvalue weighted by Gasteiger charge is 2.35. The molecule has 154 valence electrons. The zero-order valence-electron chi connectivity index (χ0n) is 16.5. The number of amides is 2. The SMILES string of the molecule is CCC(CC)C(=O)N1CCC[C@H]1c1nnc(C(=O)Nc2ccc3c(c2)OCO3)s1. The Kier molecular flexibility index (Phi) is 5.66. The number of benzene rings is 1. The minimum atomic E-state index is -0.330. The molecule has 0 bridgehead atoms. The van der Waals surface area contributed by atoms with Gasteiger partial charge in [0.1, 0.15) is 5.01 Å². The molecule has 1 saturated heterocycles. The van der Waals surface area contributed by atoms with Crippen LogP contribution in [0.25, 0.3) is 0 Å². The molecule has 2 aromatic rings. The summed E-state index contributed by atoms with van der Waals surface area (Å²) < 4.78 is 10.6. The highest BCUT2D eigenvalue weighted by atomic mass is 32.1. The number of hydrogen-bond acceptors (Lipinski definition) is 7. The fraction of sp³-hybridized carbons (Fsp3) is 0.500. The Morgan fingerprint density at radius 1 is 1.24 bits per heavy atom. The molecule has 1 N–H and O–H groups in total. The van der Waals surface area contributed by atoms with Crippen molar-refractivity contribution in [3.05, 3.63) is 28.2 Å². The van der Waals surface area contributed by atoms with E-state index in [1.807, 2.05) is 18.7 Å². The van der Waals surface area contributed by atoms with E-state index in [0.717, 1.165) is 37.2 Å². The van der Waals surface area contributed by atoms with Crippen LogP contribution in [0.5, 0.6) is 11.5 Å². The van der Waals surface area contributed by atoms with Crippen molar-refractivity contribution in [3.63, 3.8) is 0 Å². The average Bonchev–Trinajstić information content (AvgIpc) is 3.47. The Balaban J connectivity index is 1.46. The van der Waals surface area contributed by atoms with Crippen molar-refractivity contribution in [1.29, 1.82) is 0 Å². The van der Waals surface area contributed by atoms with Crippen LogP contribution in [0.3, 0.4) is 0 Å². The number of aromatic nitrogens is 2. The standard InChI is InChI=1S/C20H24N4O4S/c1-3-12(4-2)20(26)24-9-5-6-14(24)18-22-23-19(29-18)17(25)21-13-7-8-15-16(10-13)28-11-27-15/h7-8,10,12,14H,3-6,9,11H2,1-2H3,(H,21,25)/t14-/m0/s1. The van der Waals surface area contributed by atoms with Gasteiger partial charge in [0.2, 0.25) is 17.7 Å². The molecule has 1 fully saturated rings. The third-order valence-corrected chi connectivity index (χ3v) is 6.44. The molecule has 29 heavy (non-hydrogen) atoms. The molecule has 9 heteroatoms. The molecule has 2 aliphatic heterocycles. The summed E-state index contributed by atoms with van der Waals surface area (Å²) in [5, 5.41) is 12.1. The van der Waals surface area contributed by atoms with Crippen molar-refractivity contribution < 1.29 is 19.1 Å². The zero-order chi connectivity index (χ0) is 20.4. The highest BCUT2D eigenvalue weighted by Crippen LogP contribution is 2.36. The first-order valence-corrected chi connectivity index (χ1v) is 10.8.